The molecule has 138 valence electrons. The first kappa shape index (κ1) is 17.5. The number of fused-ring (bicyclic) bond motifs is 3. The molecule has 3 aliphatic heterocycles. The van der Waals surface area contributed by atoms with Gasteiger partial charge in [-0.1, -0.05) is 18.2 Å². The number of nitrogens with zero attached hydrogens (tertiary/aromatic N) is 1. The van der Waals surface area contributed by atoms with E-state index in [1.807, 2.05) is 0 Å². The van der Waals surface area contributed by atoms with Crippen LogP contribution >= 0.6 is 11.3 Å². The van der Waals surface area contributed by atoms with Gasteiger partial charge >= 0.3 is 6.18 Å². The third kappa shape index (κ3) is 3.38. The quantitative estimate of drug-likeness (QED) is 0.863. The Morgan fingerprint density at radius 3 is 2.50 bits per heavy atom. The highest BCUT2D eigenvalue weighted by atomic mass is 32.1. The third-order valence-corrected chi connectivity index (χ3v) is 6.42. The number of halogens is 3. The van der Waals surface area contributed by atoms with Crippen molar-refractivity contribution < 1.29 is 18.0 Å². The molecule has 0 unspecified atom stereocenters. The standard InChI is InChI=1S/C19H19F3N2OS/c20-19(21,22)14-4-2-1-3-13(14)16-5-6-17(26-16)18(25)23-15-11-24-9-7-12(15)8-10-24/h1-6,12,15H,7-11H2,(H,23,25)/t15-/m0/s1. The molecule has 1 atom stereocenters. The summed E-state index contributed by atoms with van der Waals surface area (Å²) in [5.74, 6) is 0.318. The van der Waals surface area contributed by atoms with Crippen molar-refractivity contribution in [2.75, 3.05) is 19.6 Å². The first-order valence-corrected chi connectivity index (χ1v) is 9.53. The van der Waals surface area contributed by atoms with Gasteiger partial charge in [-0.15, -0.1) is 11.3 Å². The molecule has 4 heterocycles. The fourth-order valence-corrected chi connectivity index (χ4v) is 4.87. The van der Waals surface area contributed by atoms with Gasteiger partial charge in [0.25, 0.3) is 5.91 Å². The molecule has 1 aromatic heterocycles. The van der Waals surface area contributed by atoms with E-state index < -0.39 is 11.7 Å². The van der Waals surface area contributed by atoms with Gasteiger partial charge in [0.15, 0.2) is 0 Å². The summed E-state index contributed by atoms with van der Waals surface area (Å²) < 4.78 is 39.6. The molecule has 2 bridgehead atoms. The lowest BCUT2D eigenvalue weighted by molar-refractivity contribution is -0.137. The number of piperidine rings is 3. The third-order valence-electron chi connectivity index (χ3n) is 5.30. The van der Waals surface area contributed by atoms with Gasteiger partial charge in [-0.3, -0.25) is 4.79 Å². The number of alkyl halides is 3. The summed E-state index contributed by atoms with van der Waals surface area (Å²) in [6.07, 6.45) is -2.22. The highest BCUT2D eigenvalue weighted by molar-refractivity contribution is 7.17. The van der Waals surface area contributed by atoms with Crippen LogP contribution in [0.25, 0.3) is 10.4 Å². The Morgan fingerprint density at radius 1 is 1.12 bits per heavy atom. The number of carbonyl (C=O) groups excluding carboxylic acids is 1. The number of rotatable bonds is 3. The summed E-state index contributed by atoms with van der Waals surface area (Å²) in [4.78, 5) is 15.8. The monoisotopic (exact) mass is 380 g/mol. The van der Waals surface area contributed by atoms with E-state index in [9.17, 15) is 18.0 Å². The predicted octanol–water partition coefficient (Wildman–Crippen LogP) is 4.26. The maximum atomic E-state index is 13.2. The normalized spacial score (nSPS) is 25.3. The number of hydrogen-bond acceptors (Lipinski definition) is 3. The zero-order valence-electron chi connectivity index (χ0n) is 14.1. The summed E-state index contributed by atoms with van der Waals surface area (Å²) in [7, 11) is 0. The van der Waals surface area contributed by atoms with Gasteiger partial charge in [0, 0.05) is 23.0 Å². The molecule has 1 N–H and O–H groups in total. The van der Waals surface area contributed by atoms with Crippen molar-refractivity contribution in [1.82, 2.24) is 10.2 Å². The van der Waals surface area contributed by atoms with Gasteiger partial charge in [-0.2, -0.15) is 13.2 Å². The van der Waals surface area contributed by atoms with Crippen molar-refractivity contribution in [3.05, 3.63) is 46.8 Å². The summed E-state index contributed by atoms with van der Waals surface area (Å²) in [6, 6.07) is 8.83. The van der Waals surface area contributed by atoms with Crippen LogP contribution in [-0.4, -0.2) is 36.5 Å². The van der Waals surface area contributed by atoms with Gasteiger partial charge in [-0.05, 0) is 50.0 Å². The first-order valence-electron chi connectivity index (χ1n) is 8.71. The molecule has 3 fully saturated rings. The Morgan fingerprint density at radius 2 is 1.85 bits per heavy atom. The number of hydrogen-bond donors (Lipinski definition) is 1. The van der Waals surface area contributed by atoms with Crippen LogP contribution in [0.3, 0.4) is 0 Å². The highest BCUT2D eigenvalue weighted by Crippen LogP contribution is 2.39. The minimum Gasteiger partial charge on any atom is -0.347 e. The molecule has 26 heavy (non-hydrogen) atoms. The zero-order valence-corrected chi connectivity index (χ0v) is 14.9. The molecule has 0 radical (unpaired) electrons. The van der Waals surface area contributed by atoms with E-state index in [2.05, 4.69) is 10.2 Å². The van der Waals surface area contributed by atoms with Crippen LogP contribution in [0.1, 0.15) is 28.1 Å². The molecule has 0 aliphatic carbocycles. The van der Waals surface area contributed by atoms with Gasteiger partial charge in [-0.25, -0.2) is 0 Å². The van der Waals surface area contributed by atoms with E-state index in [4.69, 9.17) is 0 Å². The number of nitrogens with one attached hydrogen (secondary N) is 1. The molecular weight excluding hydrogens is 361 g/mol. The second-order valence-electron chi connectivity index (χ2n) is 6.93. The summed E-state index contributed by atoms with van der Waals surface area (Å²) in [5.41, 5.74) is -0.557. The largest absolute Gasteiger partial charge is 0.417 e. The Labute approximate surface area is 153 Å². The number of carbonyl (C=O) groups is 1. The Hall–Kier alpha value is -1.86. The van der Waals surface area contributed by atoms with Crippen LogP contribution in [0.4, 0.5) is 13.2 Å². The molecular formula is C19H19F3N2OS. The van der Waals surface area contributed by atoms with Gasteiger partial charge in [0.2, 0.25) is 0 Å². The molecule has 5 rings (SSSR count). The maximum Gasteiger partial charge on any atom is 0.417 e. The van der Waals surface area contributed by atoms with E-state index >= 15 is 0 Å². The second-order valence-corrected chi connectivity index (χ2v) is 8.01. The van der Waals surface area contributed by atoms with Crippen molar-refractivity contribution in [2.24, 2.45) is 5.92 Å². The smallest absolute Gasteiger partial charge is 0.347 e. The van der Waals surface area contributed by atoms with Gasteiger partial charge in [0.05, 0.1) is 10.4 Å². The molecule has 1 aromatic carbocycles. The highest BCUT2D eigenvalue weighted by Gasteiger charge is 2.36. The molecule has 3 aliphatic rings. The van der Waals surface area contributed by atoms with Crippen molar-refractivity contribution in [1.29, 1.82) is 0 Å². The van der Waals surface area contributed by atoms with Crippen LogP contribution in [0.2, 0.25) is 0 Å². The van der Waals surface area contributed by atoms with Crippen molar-refractivity contribution in [2.45, 2.75) is 25.1 Å². The Kier molecular flexibility index (Phi) is 4.52. The summed E-state index contributed by atoms with van der Waals surface area (Å²) in [6.45, 7) is 3.05. The number of thiophene rings is 1. The maximum absolute atomic E-state index is 13.2. The topological polar surface area (TPSA) is 32.3 Å². The van der Waals surface area contributed by atoms with Gasteiger partial charge in [0.1, 0.15) is 0 Å². The lowest BCUT2D eigenvalue weighted by Gasteiger charge is -2.44. The average Bonchev–Trinajstić information content (AvgIpc) is 3.12. The van der Waals surface area contributed by atoms with Crippen LogP contribution < -0.4 is 5.32 Å². The molecule has 7 heteroatoms. The molecule has 1 amide bonds. The Balaban J connectivity index is 1.53. The van der Waals surface area contributed by atoms with Gasteiger partial charge < -0.3 is 10.2 Å². The zero-order chi connectivity index (χ0) is 18.3. The van der Waals surface area contributed by atoms with E-state index in [1.54, 1.807) is 18.2 Å². The second kappa shape index (κ2) is 6.70. The minimum atomic E-state index is -4.42. The van der Waals surface area contributed by atoms with Crippen LogP contribution in [0.15, 0.2) is 36.4 Å². The molecule has 0 spiro atoms. The summed E-state index contributed by atoms with van der Waals surface area (Å²) in [5, 5.41) is 3.08. The average molecular weight is 380 g/mol. The van der Waals surface area contributed by atoms with E-state index in [0.29, 0.717) is 15.7 Å². The van der Waals surface area contributed by atoms with Crippen LogP contribution in [-0.2, 0) is 6.18 Å². The fourth-order valence-electron chi connectivity index (χ4n) is 3.92. The van der Waals surface area contributed by atoms with E-state index in [-0.39, 0.29) is 17.5 Å². The lowest BCUT2D eigenvalue weighted by Crippen LogP contribution is -2.57. The van der Waals surface area contributed by atoms with Crippen LogP contribution in [0, 0.1) is 5.92 Å². The number of amides is 1. The molecule has 0 saturated carbocycles. The van der Waals surface area contributed by atoms with Crippen molar-refractivity contribution >= 4 is 17.2 Å². The Bertz CT molecular complexity index is 809. The molecule has 2 aromatic rings. The van der Waals surface area contributed by atoms with Crippen molar-refractivity contribution in [3.8, 4) is 10.4 Å². The van der Waals surface area contributed by atoms with Crippen LogP contribution in [0.5, 0.6) is 0 Å². The summed E-state index contributed by atoms with van der Waals surface area (Å²) >= 11 is 1.11. The van der Waals surface area contributed by atoms with E-state index in [0.717, 1.165) is 49.9 Å². The lowest BCUT2D eigenvalue weighted by atomic mass is 9.84. The SMILES string of the molecule is O=C(N[C@H]1CN2CCC1CC2)c1ccc(-c2ccccc2C(F)(F)F)s1. The minimum absolute atomic E-state index is 0.117. The number of benzene rings is 1. The molecule has 3 nitrogen and oxygen atoms in total. The van der Waals surface area contributed by atoms with Crippen molar-refractivity contribution in [3.63, 3.8) is 0 Å². The first-order chi connectivity index (χ1) is 12.4. The predicted molar refractivity (Wildman–Crippen MR) is 95.2 cm³/mol. The van der Waals surface area contributed by atoms with E-state index in [1.165, 1.54) is 12.1 Å². The molecule has 3 saturated heterocycles. The fraction of sp³-hybridized carbons (Fsp3) is 0.421.